The van der Waals surface area contributed by atoms with Crippen LogP contribution in [0.25, 0.3) is 11.0 Å². The van der Waals surface area contributed by atoms with Crippen LogP contribution in [0.1, 0.15) is 15.9 Å². The number of carbonyl (C=O) groups excluding carboxylic acids is 1. The molecule has 1 aromatic heterocycles. The van der Waals surface area contributed by atoms with Crippen LogP contribution in [0, 0.1) is 6.92 Å². The summed E-state index contributed by atoms with van der Waals surface area (Å²) in [5, 5.41) is 1.01. The monoisotopic (exact) mass is 222 g/mol. The molecule has 0 amide bonds. The van der Waals surface area contributed by atoms with E-state index >= 15 is 0 Å². The van der Waals surface area contributed by atoms with Crippen LogP contribution in [0.4, 0.5) is 0 Å². The van der Waals surface area contributed by atoms with Gasteiger partial charge in [0.1, 0.15) is 0 Å². The van der Waals surface area contributed by atoms with E-state index < -0.39 is 5.63 Å². The largest absolute Gasteiger partial charge is 0.422 e. The summed E-state index contributed by atoms with van der Waals surface area (Å²) in [7, 11) is 0. The molecule has 2 aromatic rings. The molecule has 1 heterocycles. The topological polar surface area (TPSA) is 47.3 Å². The van der Waals surface area contributed by atoms with E-state index in [1.165, 1.54) is 6.07 Å². The Hall–Kier alpha value is -1.61. The Bertz CT molecular complexity index is 599. The molecule has 0 unspecified atom stereocenters. The Morgan fingerprint density at radius 1 is 1.40 bits per heavy atom. The second-order valence-corrected chi connectivity index (χ2v) is 3.61. The molecular formula is C11H7ClO3. The number of fused-ring (bicyclic) bond motifs is 1. The summed E-state index contributed by atoms with van der Waals surface area (Å²) in [5.41, 5.74) is 0.754. The van der Waals surface area contributed by atoms with Gasteiger partial charge in [0.15, 0.2) is 11.9 Å². The van der Waals surface area contributed by atoms with E-state index in [1.54, 1.807) is 19.1 Å². The van der Waals surface area contributed by atoms with Crippen molar-refractivity contribution in [1.82, 2.24) is 0 Å². The fourth-order valence-electron chi connectivity index (χ4n) is 1.49. The first-order valence-electron chi connectivity index (χ1n) is 4.31. The third-order valence-corrected chi connectivity index (χ3v) is 2.55. The first-order valence-corrected chi connectivity index (χ1v) is 4.69. The molecular weight excluding hydrogens is 216 g/mol. The summed E-state index contributed by atoms with van der Waals surface area (Å²) in [5.74, 6) is 0. The van der Waals surface area contributed by atoms with Gasteiger partial charge in [-0.05, 0) is 24.6 Å². The summed E-state index contributed by atoms with van der Waals surface area (Å²) in [6.07, 6.45) is 0.590. The minimum atomic E-state index is -0.481. The number of rotatable bonds is 1. The molecule has 3 nitrogen and oxygen atoms in total. The predicted molar refractivity (Wildman–Crippen MR) is 57.6 cm³/mol. The molecule has 2 rings (SSSR count). The summed E-state index contributed by atoms with van der Waals surface area (Å²) < 4.78 is 4.97. The van der Waals surface area contributed by atoms with Crippen molar-refractivity contribution in [3.05, 3.63) is 44.8 Å². The van der Waals surface area contributed by atoms with E-state index in [-0.39, 0.29) is 16.2 Å². The van der Waals surface area contributed by atoms with Crippen LogP contribution in [0.2, 0.25) is 5.02 Å². The highest BCUT2D eigenvalue weighted by Gasteiger charge is 2.10. The third kappa shape index (κ3) is 1.55. The van der Waals surface area contributed by atoms with Crippen LogP contribution in [0.3, 0.4) is 0 Å². The molecule has 0 N–H and O–H groups in total. The van der Waals surface area contributed by atoms with Gasteiger partial charge in [0.25, 0.3) is 0 Å². The van der Waals surface area contributed by atoms with E-state index in [1.807, 2.05) is 0 Å². The molecule has 0 spiro atoms. The van der Waals surface area contributed by atoms with Gasteiger partial charge in [-0.15, -0.1) is 0 Å². The van der Waals surface area contributed by atoms with Crippen LogP contribution in [-0.4, -0.2) is 6.29 Å². The lowest BCUT2D eigenvalue weighted by Gasteiger charge is -2.03. The predicted octanol–water partition coefficient (Wildman–Crippen LogP) is 2.57. The van der Waals surface area contributed by atoms with Crippen molar-refractivity contribution in [2.45, 2.75) is 6.92 Å². The summed E-state index contributed by atoms with van der Waals surface area (Å²) in [4.78, 5) is 22.0. The maximum Gasteiger partial charge on any atom is 0.336 e. The van der Waals surface area contributed by atoms with Crippen LogP contribution in [-0.2, 0) is 0 Å². The number of carbonyl (C=O) groups is 1. The van der Waals surface area contributed by atoms with Crippen molar-refractivity contribution < 1.29 is 9.21 Å². The van der Waals surface area contributed by atoms with E-state index in [2.05, 4.69) is 0 Å². The second-order valence-electron chi connectivity index (χ2n) is 3.20. The Morgan fingerprint density at radius 3 is 2.80 bits per heavy atom. The molecule has 4 heteroatoms. The Morgan fingerprint density at radius 2 is 2.13 bits per heavy atom. The molecule has 0 atom stereocenters. The van der Waals surface area contributed by atoms with Crippen molar-refractivity contribution in [2.24, 2.45) is 0 Å². The van der Waals surface area contributed by atoms with Crippen LogP contribution < -0.4 is 5.63 Å². The van der Waals surface area contributed by atoms with Gasteiger partial charge < -0.3 is 4.42 Å². The second kappa shape index (κ2) is 3.51. The Kier molecular flexibility index (Phi) is 2.32. The molecule has 0 aliphatic carbocycles. The quantitative estimate of drug-likeness (QED) is 0.550. The molecule has 0 aliphatic rings. The van der Waals surface area contributed by atoms with Crippen molar-refractivity contribution in [3.8, 4) is 0 Å². The minimum absolute atomic E-state index is 0.218. The van der Waals surface area contributed by atoms with Crippen LogP contribution in [0.15, 0.2) is 27.4 Å². The highest BCUT2D eigenvalue weighted by Crippen LogP contribution is 2.25. The number of hydrogen-bond acceptors (Lipinski definition) is 3. The molecule has 0 radical (unpaired) electrons. The van der Waals surface area contributed by atoms with Gasteiger partial charge in [-0.3, -0.25) is 4.79 Å². The zero-order valence-corrected chi connectivity index (χ0v) is 8.67. The van der Waals surface area contributed by atoms with Crippen LogP contribution >= 0.6 is 11.6 Å². The standard InChI is InChI=1S/C11H7ClO3/c1-6-4-10(14)15-11-7(6)2-3-9(12)8(11)5-13/h2-5H,1H3. The normalized spacial score (nSPS) is 10.5. The van der Waals surface area contributed by atoms with E-state index in [9.17, 15) is 9.59 Å². The maximum atomic E-state index is 11.2. The smallest absolute Gasteiger partial charge is 0.336 e. The van der Waals surface area contributed by atoms with Gasteiger partial charge in [-0.1, -0.05) is 11.6 Å². The number of hydrogen-bond donors (Lipinski definition) is 0. The highest BCUT2D eigenvalue weighted by atomic mass is 35.5. The maximum absolute atomic E-state index is 11.2. The molecule has 15 heavy (non-hydrogen) atoms. The molecule has 0 aliphatic heterocycles. The third-order valence-electron chi connectivity index (χ3n) is 2.22. The summed E-state index contributed by atoms with van der Waals surface area (Å²) >= 11 is 5.81. The summed E-state index contributed by atoms with van der Waals surface area (Å²) in [6, 6.07) is 4.72. The van der Waals surface area contributed by atoms with Gasteiger partial charge in [-0.25, -0.2) is 4.79 Å². The zero-order chi connectivity index (χ0) is 11.0. The zero-order valence-electron chi connectivity index (χ0n) is 7.91. The fraction of sp³-hybridized carbons (Fsp3) is 0.0909. The number of aldehydes is 1. The number of aryl methyl sites for hydroxylation is 1. The average Bonchev–Trinajstić information content (AvgIpc) is 2.17. The molecule has 1 aromatic carbocycles. The van der Waals surface area contributed by atoms with Crippen LogP contribution in [0.5, 0.6) is 0 Å². The lowest BCUT2D eigenvalue weighted by Crippen LogP contribution is -2.00. The summed E-state index contributed by atoms with van der Waals surface area (Å²) in [6.45, 7) is 1.78. The fourth-order valence-corrected chi connectivity index (χ4v) is 1.68. The van der Waals surface area contributed by atoms with E-state index in [4.69, 9.17) is 16.0 Å². The first kappa shape index (κ1) is 9.93. The van der Waals surface area contributed by atoms with Gasteiger partial charge in [0, 0.05) is 11.5 Å². The number of benzene rings is 1. The Balaban J connectivity index is 3.04. The molecule has 0 saturated heterocycles. The minimum Gasteiger partial charge on any atom is -0.422 e. The van der Waals surface area contributed by atoms with Crippen molar-refractivity contribution in [3.63, 3.8) is 0 Å². The molecule has 0 bridgehead atoms. The van der Waals surface area contributed by atoms with Gasteiger partial charge >= 0.3 is 5.63 Å². The molecule has 76 valence electrons. The van der Waals surface area contributed by atoms with Crippen molar-refractivity contribution >= 4 is 28.9 Å². The van der Waals surface area contributed by atoms with Gasteiger partial charge in [0.2, 0.25) is 0 Å². The van der Waals surface area contributed by atoms with Gasteiger partial charge in [-0.2, -0.15) is 0 Å². The Labute approximate surface area is 90.3 Å². The highest BCUT2D eigenvalue weighted by molar-refractivity contribution is 6.34. The van der Waals surface area contributed by atoms with Crippen molar-refractivity contribution in [2.75, 3.05) is 0 Å². The van der Waals surface area contributed by atoms with Gasteiger partial charge in [0.05, 0.1) is 10.6 Å². The molecule has 0 fully saturated rings. The lowest BCUT2D eigenvalue weighted by atomic mass is 10.1. The van der Waals surface area contributed by atoms with E-state index in [0.717, 1.165) is 10.9 Å². The average molecular weight is 223 g/mol. The lowest BCUT2D eigenvalue weighted by molar-refractivity contribution is 0.112. The van der Waals surface area contributed by atoms with E-state index in [0.29, 0.717) is 6.29 Å². The number of halogens is 1. The first-order chi connectivity index (χ1) is 7.13. The van der Waals surface area contributed by atoms with Crippen molar-refractivity contribution in [1.29, 1.82) is 0 Å². The molecule has 0 saturated carbocycles. The SMILES string of the molecule is Cc1cc(=O)oc2c(C=O)c(Cl)ccc12.